The molecule has 1 saturated heterocycles. The average Bonchev–Trinajstić information content (AvgIpc) is 2.40. The van der Waals surface area contributed by atoms with Crippen molar-refractivity contribution in [2.24, 2.45) is 0 Å². The molecule has 0 atom stereocenters. The molecule has 1 aliphatic rings. The van der Waals surface area contributed by atoms with Gasteiger partial charge in [0.05, 0.1) is 6.07 Å². The van der Waals surface area contributed by atoms with Crippen molar-refractivity contribution in [2.75, 3.05) is 13.2 Å². The van der Waals surface area contributed by atoms with E-state index in [-0.39, 0.29) is 0 Å². The number of halogens is 3. The van der Waals surface area contributed by atoms with Gasteiger partial charge in [0.1, 0.15) is 0 Å². The summed E-state index contributed by atoms with van der Waals surface area (Å²) in [5.74, 6) is 0. The summed E-state index contributed by atoms with van der Waals surface area (Å²) >= 11 is 14.4. The molecule has 0 N–H and O–H groups in total. The van der Waals surface area contributed by atoms with Crippen molar-refractivity contribution in [3.63, 3.8) is 0 Å². The first-order chi connectivity index (χ1) is 5.65. The molecule has 0 bridgehead atoms. The quantitative estimate of drug-likeness (QED) is 0.600. The van der Waals surface area contributed by atoms with Crippen molar-refractivity contribution < 1.29 is 4.74 Å². The smallest absolute Gasteiger partial charge is 0.180 e. The van der Waals surface area contributed by atoms with Crippen molar-refractivity contribution >= 4 is 34.8 Å². The normalized spacial score (nSPS) is 13.7. The van der Waals surface area contributed by atoms with Crippen LogP contribution in [-0.4, -0.2) is 17.5 Å². The predicted octanol–water partition coefficient (Wildman–Crippen LogP) is 3.31. The van der Waals surface area contributed by atoms with Crippen LogP contribution < -0.4 is 0 Å². The van der Waals surface area contributed by atoms with Gasteiger partial charge in [-0.2, -0.15) is 5.26 Å². The minimum atomic E-state index is -0.750. The Morgan fingerprint density at radius 1 is 1.25 bits per heavy atom. The highest BCUT2D eigenvalue weighted by molar-refractivity contribution is 6.63. The Morgan fingerprint density at radius 3 is 1.58 bits per heavy atom. The van der Waals surface area contributed by atoms with Gasteiger partial charge in [-0.05, 0) is 12.8 Å². The van der Waals surface area contributed by atoms with E-state index in [0.29, 0.717) is 0 Å². The predicted molar refractivity (Wildman–Crippen MR) is 52.7 cm³/mol. The summed E-state index contributed by atoms with van der Waals surface area (Å²) in [6, 6.07) is 1.75. The topological polar surface area (TPSA) is 33.0 Å². The summed E-state index contributed by atoms with van der Waals surface area (Å²) < 4.78 is 4.19. The van der Waals surface area contributed by atoms with Crippen molar-refractivity contribution in [2.45, 2.75) is 24.1 Å². The van der Waals surface area contributed by atoms with Crippen LogP contribution in [-0.2, 0) is 4.74 Å². The lowest BCUT2D eigenvalue weighted by atomic mass is 10.4. The maximum absolute atomic E-state index is 7.32. The molecule has 0 amide bonds. The molecule has 0 spiro atoms. The summed E-state index contributed by atoms with van der Waals surface area (Å²) in [6.07, 6.45) is 2.56. The molecule has 0 aromatic heterocycles. The van der Waals surface area contributed by atoms with Crippen LogP contribution in [0.15, 0.2) is 0 Å². The van der Waals surface area contributed by atoms with Crippen LogP contribution in [0.2, 0.25) is 0 Å². The SMILES string of the molecule is C1CCOC1.CC#N.ClC(Cl)Cl. The minimum absolute atomic E-state index is 0.750. The number of ether oxygens (including phenoxy) is 1. The van der Waals surface area contributed by atoms with E-state index < -0.39 is 4.30 Å². The summed E-state index contributed by atoms with van der Waals surface area (Å²) in [7, 11) is 0. The fraction of sp³-hybridized carbons (Fsp3) is 0.857. The van der Waals surface area contributed by atoms with Gasteiger partial charge in [0.25, 0.3) is 0 Å². The molecule has 0 aliphatic carbocycles. The van der Waals surface area contributed by atoms with Crippen molar-refractivity contribution in [1.29, 1.82) is 5.26 Å². The van der Waals surface area contributed by atoms with E-state index in [1.807, 2.05) is 0 Å². The largest absolute Gasteiger partial charge is 0.381 e. The second-order valence-electron chi connectivity index (χ2n) is 1.79. The second kappa shape index (κ2) is 13.9. The van der Waals surface area contributed by atoms with E-state index in [9.17, 15) is 0 Å². The zero-order valence-electron chi connectivity index (χ0n) is 6.90. The highest BCUT2D eigenvalue weighted by Crippen LogP contribution is 2.03. The van der Waals surface area contributed by atoms with Crippen molar-refractivity contribution in [3.8, 4) is 6.07 Å². The molecule has 0 aromatic carbocycles. The monoisotopic (exact) mass is 231 g/mol. The molecular formula is C7H12Cl3NO. The lowest BCUT2D eigenvalue weighted by Gasteiger charge is -1.76. The third-order valence-electron chi connectivity index (χ3n) is 0.827. The lowest BCUT2D eigenvalue weighted by molar-refractivity contribution is 0.198. The standard InChI is InChI=1S/C4H8O.C2H3N.CHCl3/c1-2-4-5-3-1;1-2-3;2-1(3)4/h1-4H2;1H3;1H. The molecule has 1 fully saturated rings. The molecule has 72 valence electrons. The molecule has 1 rings (SSSR count). The Morgan fingerprint density at radius 2 is 1.50 bits per heavy atom. The van der Waals surface area contributed by atoms with Crippen LogP contribution in [0.4, 0.5) is 0 Å². The Kier molecular flexibility index (Phi) is 17.1. The first kappa shape index (κ1) is 14.8. The van der Waals surface area contributed by atoms with Crippen LogP contribution >= 0.6 is 34.8 Å². The molecule has 12 heavy (non-hydrogen) atoms. The Balaban J connectivity index is 0. The van der Waals surface area contributed by atoms with Gasteiger partial charge in [0.2, 0.25) is 0 Å². The van der Waals surface area contributed by atoms with Gasteiger partial charge >= 0.3 is 0 Å². The van der Waals surface area contributed by atoms with E-state index in [1.54, 1.807) is 6.07 Å². The fourth-order valence-corrected chi connectivity index (χ4v) is 0.510. The summed E-state index contributed by atoms with van der Waals surface area (Å²) in [4.78, 5) is 0. The van der Waals surface area contributed by atoms with Gasteiger partial charge in [-0.25, -0.2) is 0 Å². The highest BCUT2D eigenvalue weighted by atomic mass is 35.6. The van der Waals surface area contributed by atoms with Gasteiger partial charge < -0.3 is 4.74 Å². The van der Waals surface area contributed by atoms with Gasteiger partial charge in [-0.15, -0.1) is 0 Å². The third-order valence-corrected chi connectivity index (χ3v) is 0.827. The molecule has 1 heterocycles. The van der Waals surface area contributed by atoms with Crippen LogP contribution in [0, 0.1) is 11.3 Å². The van der Waals surface area contributed by atoms with E-state index in [2.05, 4.69) is 0 Å². The lowest BCUT2D eigenvalue weighted by Crippen LogP contribution is -1.74. The molecule has 0 unspecified atom stereocenters. The van der Waals surface area contributed by atoms with Crippen LogP contribution in [0.5, 0.6) is 0 Å². The van der Waals surface area contributed by atoms with E-state index >= 15 is 0 Å². The van der Waals surface area contributed by atoms with Crippen molar-refractivity contribution in [1.82, 2.24) is 0 Å². The Hall–Kier alpha value is 0.320. The van der Waals surface area contributed by atoms with Crippen LogP contribution in [0.25, 0.3) is 0 Å². The van der Waals surface area contributed by atoms with Crippen LogP contribution in [0.1, 0.15) is 19.8 Å². The molecule has 2 nitrogen and oxygen atoms in total. The number of hydrogen-bond acceptors (Lipinski definition) is 2. The van der Waals surface area contributed by atoms with Crippen LogP contribution in [0.3, 0.4) is 0 Å². The first-order valence-electron chi connectivity index (χ1n) is 3.46. The highest BCUT2D eigenvalue weighted by Gasteiger charge is 1.94. The van der Waals surface area contributed by atoms with E-state index in [4.69, 9.17) is 44.8 Å². The zero-order chi connectivity index (χ0) is 9.82. The molecule has 5 heteroatoms. The molecule has 0 aromatic rings. The van der Waals surface area contributed by atoms with Gasteiger partial charge in [-0.1, -0.05) is 34.8 Å². The number of alkyl halides is 3. The van der Waals surface area contributed by atoms with E-state index in [1.165, 1.54) is 19.8 Å². The summed E-state index contributed by atoms with van der Waals surface area (Å²) in [5.41, 5.74) is 0. The Labute approximate surface area is 88.4 Å². The molecule has 0 saturated carbocycles. The summed E-state index contributed by atoms with van der Waals surface area (Å²) in [6.45, 7) is 3.43. The first-order valence-corrected chi connectivity index (χ1v) is 4.76. The second-order valence-corrected chi connectivity index (χ2v) is 3.77. The number of hydrogen-bond donors (Lipinski definition) is 0. The third kappa shape index (κ3) is 31.7. The van der Waals surface area contributed by atoms with E-state index in [0.717, 1.165) is 13.2 Å². The maximum atomic E-state index is 7.32. The molecule has 1 aliphatic heterocycles. The van der Waals surface area contributed by atoms with Gasteiger partial charge in [0.15, 0.2) is 4.30 Å². The molecule has 0 radical (unpaired) electrons. The number of rotatable bonds is 0. The summed E-state index contributed by atoms with van der Waals surface area (Å²) in [5, 5.41) is 7.32. The molecular weight excluding hydrogens is 220 g/mol. The van der Waals surface area contributed by atoms with Gasteiger partial charge in [0, 0.05) is 20.1 Å². The number of nitriles is 1. The Bertz CT molecular complexity index is 99.3. The zero-order valence-corrected chi connectivity index (χ0v) is 9.16. The number of nitrogens with zero attached hydrogens (tertiary/aromatic N) is 1. The van der Waals surface area contributed by atoms with Gasteiger partial charge in [-0.3, -0.25) is 0 Å². The maximum Gasteiger partial charge on any atom is 0.180 e. The van der Waals surface area contributed by atoms with Crippen molar-refractivity contribution in [3.05, 3.63) is 0 Å². The fourth-order valence-electron chi connectivity index (χ4n) is 0.510. The average molecular weight is 233 g/mol. The minimum Gasteiger partial charge on any atom is -0.381 e.